The maximum atomic E-state index is 13.1. The van der Waals surface area contributed by atoms with E-state index >= 15 is 0 Å². The van der Waals surface area contributed by atoms with Gasteiger partial charge in [0.1, 0.15) is 11.9 Å². The van der Waals surface area contributed by atoms with E-state index in [9.17, 15) is 4.39 Å². The fourth-order valence-corrected chi connectivity index (χ4v) is 1.98. The van der Waals surface area contributed by atoms with Crippen LogP contribution in [0.1, 0.15) is 5.56 Å². The van der Waals surface area contributed by atoms with Gasteiger partial charge in [-0.05, 0) is 18.2 Å². The third kappa shape index (κ3) is 2.87. The monoisotopic (exact) mass is 296 g/mol. The molecule has 0 atom stereocenters. The topological polar surface area (TPSA) is 74.7 Å². The standard InChI is InChI=1S/C12H7Cl2FN4/c13-8-2-7(15)3-9(14)11(8)19-12-10(17)1-6(4-16)5-18-12/h1-3,5H,17H2,(H,18,19). The summed E-state index contributed by atoms with van der Waals surface area (Å²) in [4.78, 5) is 3.98. The van der Waals surface area contributed by atoms with E-state index in [1.165, 1.54) is 12.3 Å². The molecule has 0 saturated heterocycles. The molecule has 0 amide bonds. The van der Waals surface area contributed by atoms with E-state index < -0.39 is 5.82 Å². The van der Waals surface area contributed by atoms with Gasteiger partial charge >= 0.3 is 0 Å². The first-order valence-corrected chi connectivity index (χ1v) is 5.84. The van der Waals surface area contributed by atoms with Crippen molar-refractivity contribution in [3.8, 4) is 6.07 Å². The molecule has 2 aromatic rings. The summed E-state index contributed by atoms with van der Waals surface area (Å²) in [6.45, 7) is 0. The summed E-state index contributed by atoms with van der Waals surface area (Å²) in [5.74, 6) is -0.254. The van der Waals surface area contributed by atoms with Crippen LogP contribution in [0.2, 0.25) is 10.0 Å². The first-order valence-electron chi connectivity index (χ1n) is 5.08. The van der Waals surface area contributed by atoms with Gasteiger partial charge in [0.15, 0.2) is 5.82 Å². The Labute approximate surface area is 118 Å². The Balaban J connectivity index is 2.40. The van der Waals surface area contributed by atoms with E-state index in [2.05, 4.69) is 10.3 Å². The molecule has 0 radical (unpaired) electrons. The lowest BCUT2D eigenvalue weighted by Crippen LogP contribution is -2.01. The van der Waals surface area contributed by atoms with Gasteiger partial charge in [-0.3, -0.25) is 0 Å². The minimum absolute atomic E-state index is 0.107. The molecule has 0 aliphatic rings. The van der Waals surface area contributed by atoms with E-state index in [0.717, 1.165) is 12.1 Å². The number of rotatable bonds is 2. The van der Waals surface area contributed by atoms with Crippen LogP contribution in [0.25, 0.3) is 0 Å². The Bertz CT molecular complexity index is 659. The zero-order valence-corrected chi connectivity index (χ0v) is 10.9. The Morgan fingerprint density at radius 1 is 1.26 bits per heavy atom. The van der Waals surface area contributed by atoms with Crippen LogP contribution in [0.4, 0.5) is 21.6 Å². The number of hydrogen-bond acceptors (Lipinski definition) is 4. The fourth-order valence-electron chi connectivity index (χ4n) is 1.43. The summed E-state index contributed by atoms with van der Waals surface area (Å²) in [5.41, 5.74) is 6.63. The van der Waals surface area contributed by atoms with Crippen molar-refractivity contribution in [2.75, 3.05) is 11.1 Å². The minimum Gasteiger partial charge on any atom is -0.396 e. The van der Waals surface area contributed by atoms with Gasteiger partial charge in [0.05, 0.1) is 27.0 Å². The molecule has 1 aromatic carbocycles. The number of hydrogen-bond donors (Lipinski definition) is 2. The van der Waals surface area contributed by atoms with Gasteiger partial charge in [-0.15, -0.1) is 0 Å². The molecule has 0 aliphatic heterocycles. The number of nitrogens with zero attached hydrogens (tertiary/aromatic N) is 2. The van der Waals surface area contributed by atoms with Crippen LogP contribution < -0.4 is 11.1 Å². The van der Waals surface area contributed by atoms with Crippen molar-refractivity contribution in [1.82, 2.24) is 4.98 Å². The van der Waals surface area contributed by atoms with Crippen LogP contribution in [0, 0.1) is 17.1 Å². The highest BCUT2D eigenvalue weighted by Crippen LogP contribution is 2.34. The summed E-state index contributed by atoms with van der Waals surface area (Å²) >= 11 is 11.8. The Morgan fingerprint density at radius 3 is 2.42 bits per heavy atom. The number of halogens is 3. The lowest BCUT2D eigenvalue weighted by atomic mass is 10.2. The van der Waals surface area contributed by atoms with Crippen molar-refractivity contribution < 1.29 is 4.39 Å². The van der Waals surface area contributed by atoms with E-state index in [-0.39, 0.29) is 21.6 Å². The lowest BCUT2D eigenvalue weighted by Gasteiger charge is -2.11. The molecule has 0 bridgehead atoms. The summed E-state index contributed by atoms with van der Waals surface area (Å²) in [5, 5.41) is 11.7. The summed E-state index contributed by atoms with van der Waals surface area (Å²) < 4.78 is 13.1. The normalized spacial score (nSPS) is 10.0. The second-order valence-electron chi connectivity index (χ2n) is 3.64. The Hall–Kier alpha value is -2.03. The van der Waals surface area contributed by atoms with Gasteiger partial charge in [-0.2, -0.15) is 5.26 Å². The van der Waals surface area contributed by atoms with E-state index in [4.69, 9.17) is 34.2 Å². The van der Waals surface area contributed by atoms with Crippen LogP contribution in [0.5, 0.6) is 0 Å². The summed E-state index contributed by atoms with van der Waals surface area (Å²) in [6, 6.07) is 5.62. The van der Waals surface area contributed by atoms with Crippen molar-refractivity contribution >= 4 is 40.4 Å². The highest BCUT2D eigenvalue weighted by atomic mass is 35.5. The van der Waals surface area contributed by atoms with Crippen LogP contribution >= 0.6 is 23.2 Å². The minimum atomic E-state index is -0.540. The van der Waals surface area contributed by atoms with Gasteiger partial charge in [0.2, 0.25) is 0 Å². The maximum absolute atomic E-state index is 13.1. The van der Waals surface area contributed by atoms with Crippen LogP contribution in [-0.2, 0) is 0 Å². The zero-order chi connectivity index (χ0) is 14.0. The number of nitrogens with two attached hydrogens (primary N) is 1. The molecule has 1 aromatic heterocycles. The summed E-state index contributed by atoms with van der Waals surface area (Å²) in [7, 11) is 0. The SMILES string of the molecule is N#Cc1cnc(Nc2c(Cl)cc(F)cc2Cl)c(N)c1. The smallest absolute Gasteiger partial charge is 0.153 e. The number of pyridine rings is 1. The van der Waals surface area contributed by atoms with Crippen LogP contribution in [0.15, 0.2) is 24.4 Å². The van der Waals surface area contributed by atoms with Crippen molar-refractivity contribution in [1.29, 1.82) is 5.26 Å². The highest BCUT2D eigenvalue weighted by Gasteiger charge is 2.11. The average molecular weight is 297 g/mol. The molecule has 7 heteroatoms. The molecule has 3 N–H and O–H groups in total. The molecule has 0 spiro atoms. The van der Waals surface area contributed by atoms with Gasteiger partial charge in [-0.1, -0.05) is 23.2 Å². The van der Waals surface area contributed by atoms with Crippen molar-refractivity contribution in [2.24, 2.45) is 0 Å². The number of anilines is 3. The van der Waals surface area contributed by atoms with Gasteiger partial charge < -0.3 is 11.1 Å². The molecule has 0 saturated carbocycles. The van der Waals surface area contributed by atoms with Crippen molar-refractivity contribution in [2.45, 2.75) is 0 Å². The molecule has 2 rings (SSSR count). The Kier molecular flexibility index (Phi) is 3.74. The fraction of sp³-hybridized carbons (Fsp3) is 0. The molecule has 0 aliphatic carbocycles. The molecular formula is C12H7Cl2FN4. The first-order chi connectivity index (χ1) is 9.01. The maximum Gasteiger partial charge on any atom is 0.153 e. The lowest BCUT2D eigenvalue weighted by molar-refractivity contribution is 0.628. The first kappa shape index (κ1) is 13.4. The van der Waals surface area contributed by atoms with E-state index in [0.29, 0.717) is 11.3 Å². The predicted octanol–water partition coefficient (Wildman–Crippen LogP) is 3.72. The van der Waals surface area contributed by atoms with E-state index in [1.54, 1.807) is 0 Å². The molecule has 0 unspecified atom stereocenters. The second kappa shape index (κ2) is 5.31. The number of aromatic nitrogens is 1. The Morgan fingerprint density at radius 2 is 1.89 bits per heavy atom. The molecule has 1 heterocycles. The predicted molar refractivity (Wildman–Crippen MR) is 73.1 cm³/mol. The molecule has 19 heavy (non-hydrogen) atoms. The number of benzene rings is 1. The van der Waals surface area contributed by atoms with Crippen molar-refractivity contribution in [3.05, 3.63) is 45.8 Å². The number of nitriles is 1. The molecule has 4 nitrogen and oxygen atoms in total. The van der Waals surface area contributed by atoms with E-state index in [1.807, 2.05) is 6.07 Å². The van der Waals surface area contributed by atoms with Crippen LogP contribution in [0.3, 0.4) is 0 Å². The second-order valence-corrected chi connectivity index (χ2v) is 4.46. The quantitative estimate of drug-likeness (QED) is 0.885. The largest absolute Gasteiger partial charge is 0.396 e. The third-order valence-electron chi connectivity index (χ3n) is 2.30. The van der Waals surface area contributed by atoms with Gasteiger partial charge in [-0.25, -0.2) is 9.37 Å². The summed E-state index contributed by atoms with van der Waals surface area (Å²) in [6.07, 6.45) is 1.35. The van der Waals surface area contributed by atoms with Gasteiger partial charge in [0.25, 0.3) is 0 Å². The average Bonchev–Trinajstić information content (AvgIpc) is 2.35. The zero-order valence-electron chi connectivity index (χ0n) is 9.42. The molecule has 96 valence electrons. The molecular weight excluding hydrogens is 290 g/mol. The van der Waals surface area contributed by atoms with Gasteiger partial charge in [0, 0.05) is 6.20 Å². The number of nitrogen functional groups attached to an aromatic ring is 1. The highest BCUT2D eigenvalue weighted by molar-refractivity contribution is 6.39. The molecule has 0 fully saturated rings. The third-order valence-corrected chi connectivity index (χ3v) is 2.89. The number of nitrogens with one attached hydrogen (secondary N) is 1. The van der Waals surface area contributed by atoms with Crippen molar-refractivity contribution in [3.63, 3.8) is 0 Å². The van der Waals surface area contributed by atoms with Crippen LogP contribution in [-0.4, -0.2) is 4.98 Å².